The van der Waals surface area contributed by atoms with Gasteiger partial charge in [0.1, 0.15) is 11.6 Å². The smallest absolute Gasteiger partial charge is 0.262 e. The Balaban J connectivity index is 2.48. The van der Waals surface area contributed by atoms with E-state index >= 15 is 0 Å². The maximum atomic E-state index is 12.3. The number of amides is 1. The van der Waals surface area contributed by atoms with Crippen LogP contribution in [0.5, 0.6) is 0 Å². The zero-order valence-corrected chi connectivity index (χ0v) is 16.5. The van der Waals surface area contributed by atoms with Crippen molar-refractivity contribution < 1.29 is 4.79 Å². The van der Waals surface area contributed by atoms with Crippen LogP contribution >= 0.6 is 0 Å². The highest BCUT2D eigenvalue weighted by molar-refractivity contribution is 6.02. The summed E-state index contributed by atoms with van der Waals surface area (Å²) < 4.78 is 2.18. The molecule has 136 valence electrons. The summed E-state index contributed by atoms with van der Waals surface area (Å²) in [5, 5.41) is 12.3. The lowest BCUT2D eigenvalue weighted by Gasteiger charge is -2.14. The molecule has 0 bridgehead atoms. The molecule has 0 radical (unpaired) electrons. The molecule has 26 heavy (non-hydrogen) atoms. The summed E-state index contributed by atoms with van der Waals surface area (Å²) >= 11 is 0. The van der Waals surface area contributed by atoms with E-state index in [1.807, 2.05) is 45.9 Å². The third-order valence-electron chi connectivity index (χ3n) is 4.94. The zero-order chi connectivity index (χ0) is 19.4. The first-order valence-corrected chi connectivity index (χ1v) is 8.98. The van der Waals surface area contributed by atoms with Gasteiger partial charge in [-0.25, -0.2) is 0 Å². The highest BCUT2D eigenvalue weighted by Gasteiger charge is 2.15. The van der Waals surface area contributed by atoms with Gasteiger partial charge in [0.25, 0.3) is 5.91 Å². The van der Waals surface area contributed by atoms with Crippen molar-refractivity contribution in [3.05, 3.63) is 57.9 Å². The first-order chi connectivity index (χ1) is 12.3. The summed E-state index contributed by atoms with van der Waals surface area (Å²) in [4.78, 5) is 12.3. The molecule has 0 unspecified atom stereocenters. The molecule has 0 aliphatic heterocycles. The highest BCUT2D eigenvalue weighted by Crippen LogP contribution is 2.26. The Labute approximate surface area is 156 Å². The van der Waals surface area contributed by atoms with Crippen molar-refractivity contribution in [2.75, 3.05) is 0 Å². The third kappa shape index (κ3) is 3.88. The Bertz CT molecular complexity index is 897. The van der Waals surface area contributed by atoms with Gasteiger partial charge < -0.3 is 9.88 Å². The Morgan fingerprint density at radius 3 is 2.62 bits per heavy atom. The van der Waals surface area contributed by atoms with Crippen LogP contribution in [0.2, 0.25) is 0 Å². The molecule has 1 N–H and O–H groups in total. The molecule has 0 spiro atoms. The first-order valence-electron chi connectivity index (χ1n) is 8.98. The van der Waals surface area contributed by atoms with Gasteiger partial charge in [-0.15, -0.1) is 0 Å². The molecule has 0 fully saturated rings. The van der Waals surface area contributed by atoms with E-state index in [4.69, 9.17) is 0 Å². The SMILES string of the molecule is CC[C@H](C)NC(=O)/C(C#N)=C/c1cc(C)n(-c2cccc(C)c2C)c1C. The maximum absolute atomic E-state index is 12.3. The van der Waals surface area contributed by atoms with Gasteiger partial charge in [-0.2, -0.15) is 5.26 Å². The fourth-order valence-corrected chi connectivity index (χ4v) is 2.99. The van der Waals surface area contributed by atoms with Crippen molar-refractivity contribution in [3.63, 3.8) is 0 Å². The fraction of sp³-hybridized carbons (Fsp3) is 0.364. The van der Waals surface area contributed by atoms with E-state index in [0.29, 0.717) is 0 Å². The van der Waals surface area contributed by atoms with E-state index < -0.39 is 0 Å². The Hall–Kier alpha value is -2.80. The van der Waals surface area contributed by atoms with Gasteiger partial charge in [-0.1, -0.05) is 19.1 Å². The van der Waals surface area contributed by atoms with Crippen LogP contribution in [0, 0.1) is 39.0 Å². The second kappa shape index (κ2) is 8.05. The van der Waals surface area contributed by atoms with Crippen molar-refractivity contribution in [1.29, 1.82) is 5.26 Å². The average molecular weight is 349 g/mol. The zero-order valence-electron chi connectivity index (χ0n) is 16.5. The lowest BCUT2D eigenvalue weighted by molar-refractivity contribution is -0.117. The van der Waals surface area contributed by atoms with E-state index in [1.54, 1.807) is 6.08 Å². The number of benzene rings is 1. The molecule has 0 aliphatic rings. The maximum Gasteiger partial charge on any atom is 0.262 e. The number of nitriles is 1. The van der Waals surface area contributed by atoms with Crippen molar-refractivity contribution in [2.45, 2.75) is 54.0 Å². The Kier molecular flexibility index (Phi) is 6.05. The van der Waals surface area contributed by atoms with E-state index in [9.17, 15) is 10.1 Å². The summed E-state index contributed by atoms with van der Waals surface area (Å²) in [6.07, 6.45) is 2.51. The van der Waals surface area contributed by atoms with Gasteiger partial charge in [0, 0.05) is 23.1 Å². The predicted molar refractivity (Wildman–Crippen MR) is 106 cm³/mol. The molecular formula is C22H27N3O. The Morgan fingerprint density at radius 1 is 1.31 bits per heavy atom. The minimum Gasteiger partial charge on any atom is -0.349 e. The fourth-order valence-electron chi connectivity index (χ4n) is 2.99. The normalized spacial score (nSPS) is 12.6. The van der Waals surface area contributed by atoms with E-state index in [0.717, 1.165) is 29.1 Å². The van der Waals surface area contributed by atoms with Crippen LogP contribution in [0.4, 0.5) is 0 Å². The molecule has 1 aromatic carbocycles. The van der Waals surface area contributed by atoms with Crippen molar-refractivity contribution in [2.24, 2.45) is 0 Å². The topological polar surface area (TPSA) is 57.8 Å². The molecule has 1 aromatic heterocycles. The average Bonchev–Trinajstić information content (AvgIpc) is 2.88. The second-order valence-corrected chi connectivity index (χ2v) is 6.83. The number of aromatic nitrogens is 1. The number of carbonyl (C=O) groups excluding carboxylic acids is 1. The molecule has 4 nitrogen and oxygen atoms in total. The molecule has 1 heterocycles. The number of nitrogens with zero attached hydrogens (tertiary/aromatic N) is 2. The summed E-state index contributed by atoms with van der Waals surface area (Å²) in [5.41, 5.74) is 6.69. The number of aryl methyl sites for hydroxylation is 2. The predicted octanol–water partition coefficient (Wildman–Crippen LogP) is 4.53. The van der Waals surface area contributed by atoms with Gasteiger partial charge in [0.05, 0.1) is 0 Å². The summed E-state index contributed by atoms with van der Waals surface area (Å²) in [6.45, 7) is 12.2. The standard InChI is InChI=1S/C22H27N3O/c1-7-15(3)24-22(26)20(13-23)12-19-11-16(4)25(18(19)6)21-10-8-9-14(2)17(21)5/h8-12,15H,7H2,1-6H3,(H,24,26)/b20-12+/t15-/m0/s1. The molecule has 1 atom stereocenters. The first kappa shape index (κ1) is 19.5. The molecule has 2 aromatic rings. The monoisotopic (exact) mass is 349 g/mol. The number of rotatable bonds is 5. The van der Waals surface area contributed by atoms with Crippen LogP contribution in [0.3, 0.4) is 0 Å². The van der Waals surface area contributed by atoms with Gasteiger partial charge in [-0.05, 0) is 75.9 Å². The van der Waals surface area contributed by atoms with Crippen LogP contribution in [-0.2, 0) is 4.79 Å². The highest BCUT2D eigenvalue weighted by atomic mass is 16.1. The second-order valence-electron chi connectivity index (χ2n) is 6.83. The molecule has 0 saturated carbocycles. The Morgan fingerprint density at radius 2 is 2.00 bits per heavy atom. The lowest BCUT2D eigenvalue weighted by atomic mass is 10.1. The molecule has 1 amide bonds. The summed E-state index contributed by atoms with van der Waals surface area (Å²) in [6, 6.07) is 10.3. The number of hydrogen-bond acceptors (Lipinski definition) is 2. The molecule has 2 rings (SSSR count). The van der Waals surface area contributed by atoms with E-state index in [-0.39, 0.29) is 17.5 Å². The van der Waals surface area contributed by atoms with Crippen molar-refractivity contribution in [1.82, 2.24) is 9.88 Å². The van der Waals surface area contributed by atoms with Gasteiger partial charge in [0.2, 0.25) is 0 Å². The molecule has 4 heteroatoms. The van der Waals surface area contributed by atoms with Crippen LogP contribution in [0.25, 0.3) is 11.8 Å². The number of carbonyl (C=O) groups is 1. The van der Waals surface area contributed by atoms with Gasteiger partial charge in [-0.3, -0.25) is 4.79 Å². The van der Waals surface area contributed by atoms with Crippen LogP contribution in [0.15, 0.2) is 29.8 Å². The molecular weight excluding hydrogens is 322 g/mol. The number of hydrogen-bond donors (Lipinski definition) is 1. The lowest BCUT2D eigenvalue weighted by Crippen LogP contribution is -2.32. The minimum absolute atomic E-state index is 0.0432. The molecule has 0 aliphatic carbocycles. The third-order valence-corrected chi connectivity index (χ3v) is 4.94. The summed E-state index contributed by atoms with van der Waals surface area (Å²) in [7, 11) is 0. The van der Waals surface area contributed by atoms with E-state index in [2.05, 4.69) is 35.9 Å². The number of nitrogens with one attached hydrogen (secondary N) is 1. The van der Waals surface area contributed by atoms with Crippen LogP contribution in [0.1, 0.15) is 48.3 Å². The quantitative estimate of drug-likeness (QED) is 0.637. The van der Waals surface area contributed by atoms with Gasteiger partial charge in [0.15, 0.2) is 0 Å². The van der Waals surface area contributed by atoms with Gasteiger partial charge >= 0.3 is 0 Å². The van der Waals surface area contributed by atoms with Crippen LogP contribution < -0.4 is 5.32 Å². The van der Waals surface area contributed by atoms with Crippen molar-refractivity contribution in [3.8, 4) is 11.8 Å². The van der Waals surface area contributed by atoms with Crippen LogP contribution in [-0.4, -0.2) is 16.5 Å². The van der Waals surface area contributed by atoms with E-state index in [1.165, 1.54) is 11.1 Å². The molecule has 0 saturated heterocycles. The minimum atomic E-state index is -0.321. The van der Waals surface area contributed by atoms with Crippen molar-refractivity contribution >= 4 is 12.0 Å². The largest absolute Gasteiger partial charge is 0.349 e. The summed E-state index contributed by atoms with van der Waals surface area (Å²) in [5.74, 6) is -0.321.